The van der Waals surface area contributed by atoms with Crippen LogP contribution in [0.2, 0.25) is 0 Å². The summed E-state index contributed by atoms with van der Waals surface area (Å²) in [5.41, 5.74) is 1.19. The number of nitrogens with one attached hydrogen (secondary N) is 1. The molecule has 3 heteroatoms. The third-order valence-electron chi connectivity index (χ3n) is 2.81. The number of benzene rings is 1. The van der Waals surface area contributed by atoms with Crippen molar-refractivity contribution >= 4 is 0 Å². The number of hydrogen-bond donors (Lipinski definition) is 2. The second kappa shape index (κ2) is 7.83. The van der Waals surface area contributed by atoms with E-state index in [9.17, 15) is 0 Å². The SMILES string of the molecule is C[C@@H](N[C@@H](C#N)CCCCO)c1ccccc1. The zero-order chi connectivity index (χ0) is 12.5. The highest BCUT2D eigenvalue weighted by molar-refractivity contribution is 5.18. The standard InChI is InChI=1S/C14H20N2O/c1-12(13-7-3-2-4-8-13)16-14(11-15)9-5-6-10-17/h2-4,7-8,12,14,16-17H,5-6,9-10H2,1H3/t12-,14-/m1/s1. The van der Waals surface area contributed by atoms with Crippen LogP contribution in [0.5, 0.6) is 0 Å². The molecule has 0 aliphatic carbocycles. The molecule has 0 amide bonds. The van der Waals surface area contributed by atoms with E-state index in [1.54, 1.807) is 0 Å². The van der Waals surface area contributed by atoms with Crippen molar-refractivity contribution in [2.24, 2.45) is 0 Å². The Labute approximate surface area is 103 Å². The Morgan fingerprint density at radius 1 is 1.29 bits per heavy atom. The van der Waals surface area contributed by atoms with Crippen LogP contribution in [-0.4, -0.2) is 17.8 Å². The molecule has 0 heterocycles. The normalized spacial score (nSPS) is 13.9. The molecule has 92 valence electrons. The maximum atomic E-state index is 9.05. The summed E-state index contributed by atoms with van der Waals surface area (Å²) in [5.74, 6) is 0. The van der Waals surface area contributed by atoms with Crippen LogP contribution in [0.15, 0.2) is 30.3 Å². The van der Waals surface area contributed by atoms with Gasteiger partial charge in [-0.05, 0) is 31.7 Å². The van der Waals surface area contributed by atoms with E-state index < -0.39 is 0 Å². The molecule has 0 bridgehead atoms. The average molecular weight is 232 g/mol. The number of nitriles is 1. The fraction of sp³-hybridized carbons (Fsp3) is 0.500. The second-order valence-corrected chi connectivity index (χ2v) is 4.20. The third-order valence-corrected chi connectivity index (χ3v) is 2.81. The minimum atomic E-state index is -0.142. The van der Waals surface area contributed by atoms with Gasteiger partial charge < -0.3 is 5.11 Å². The van der Waals surface area contributed by atoms with Gasteiger partial charge in [0.05, 0.1) is 12.1 Å². The van der Waals surface area contributed by atoms with Crippen LogP contribution in [0.4, 0.5) is 0 Å². The minimum absolute atomic E-state index is 0.142. The Morgan fingerprint density at radius 3 is 2.59 bits per heavy atom. The zero-order valence-electron chi connectivity index (χ0n) is 10.3. The van der Waals surface area contributed by atoms with Crippen LogP contribution < -0.4 is 5.32 Å². The predicted octanol–water partition coefficient (Wildman–Crippen LogP) is 2.39. The zero-order valence-corrected chi connectivity index (χ0v) is 10.3. The molecule has 17 heavy (non-hydrogen) atoms. The maximum Gasteiger partial charge on any atom is 0.0957 e. The Balaban J connectivity index is 2.43. The first kappa shape index (κ1) is 13.7. The van der Waals surface area contributed by atoms with Crippen LogP contribution in [-0.2, 0) is 0 Å². The predicted molar refractivity (Wildman–Crippen MR) is 68.3 cm³/mol. The van der Waals surface area contributed by atoms with E-state index in [2.05, 4.69) is 30.4 Å². The molecule has 2 atom stereocenters. The first-order valence-corrected chi connectivity index (χ1v) is 6.09. The van der Waals surface area contributed by atoms with Crippen molar-refractivity contribution in [2.75, 3.05) is 6.61 Å². The Morgan fingerprint density at radius 2 is 2.00 bits per heavy atom. The van der Waals surface area contributed by atoms with Crippen molar-refractivity contribution in [3.8, 4) is 6.07 Å². The third kappa shape index (κ3) is 4.99. The van der Waals surface area contributed by atoms with Gasteiger partial charge in [0, 0.05) is 12.6 Å². The van der Waals surface area contributed by atoms with Crippen molar-refractivity contribution < 1.29 is 5.11 Å². The number of hydrogen-bond acceptors (Lipinski definition) is 3. The molecule has 0 saturated heterocycles. The molecule has 0 saturated carbocycles. The van der Waals surface area contributed by atoms with Crippen LogP contribution >= 0.6 is 0 Å². The van der Waals surface area contributed by atoms with Gasteiger partial charge in [0.15, 0.2) is 0 Å². The van der Waals surface area contributed by atoms with E-state index in [-0.39, 0.29) is 18.7 Å². The van der Waals surface area contributed by atoms with Crippen LogP contribution in [0.1, 0.15) is 37.8 Å². The fourth-order valence-electron chi connectivity index (χ4n) is 1.79. The van der Waals surface area contributed by atoms with E-state index in [0.717, 1.165) is 19.3 Å². The summed E-state index contributed by atoms with van der Waals surface area (Å²) in [7, 11) is 0. The first-order chi connectivity index (χ1) is 8.27. The van der Waals surface area contributed by atoms with Gasteiger partial charge in [-0.1, -0.05) is 30.3 Å². The van der Waals surface area contributed by atoms with Crippen molar-refractivity contribution in [1.29, 1.82) is 5.26 Å². The van der Waals surface area contributed by atoms with E-state index in [1.165, 1.54) is 5.56 Å². The number of rotatable bonds is 7. The fourth-order valence-corrected chi connectivity index (χ4v) is 1.79. The van der Waals surface area contributed by atoms with E-state index in [1.807, 2.05) is 18.2 Å². The first-order valence-electron chi connectivity index (χ1n) is 6.09. The molecule has 0 unspecified atom stereocenters. The minimum Gasteiger partial charge on any atom is -0.396 e. The smallest absolute Gasteiger partial charge is 0.0957 e. The van der Waals surface area contributed by atoms with Crippen LogP contribution in [0, 0.1) is 11.3 Å². The Hall–Kier alpha value is -1.37. The average Bonchev–Trinajstić information content (AvgIpc) is 2.38. The van der Waals surface area contributed by atoms with Crippen molar-refractivity contribution in [1.82, 2.24) is 5.32 Å². The summed E-state index contributed by atoms with van der Waals surface area (Å²) in [6.45, 7) is 2.26. The lowest BCUT2D eigenvalue weighted by Crippen LogP contribution is -2.30. The van der Waals surface area contributed by atoms with Gasteiger partial charge in [0.25, 0.3) is 0 Å². The maximum absolute atomic E-state index is 9.05. The molecule has 0 fully saturated rings. The van der Waals surface area contributed by atoms with E-state index in [4.69, 9.17) is 10.4 Å². The second-order valence-electron chi connectivity index (χ2n) is 4.20. The topological polar surface area (TPSA) is 56.0 Å². The molecule has 0 aliphatic heterocycles. The van der Waals surface area contributed by atoms with Gasteiger partial charge in [-0.25, -0.2) is 0 Å². The lowest BCUT2D eigenvalue weighted by Gasteiger charge is -2.18. The highest BCUT2D eigenvalue weighted by Crippen LogP contribution is 2.13. The monoisotopic (exact) mass is 232 g/mol. The van der Waals surface area contributed by atoms with Crippen molar-refractivity contribution in [2.45, 2.75) is 38.3 Å². The molecule has 1 aromatic rings. The number of unbranched alkanes of at least 4 members (excludes halogenated alkanes) is 1. The quantitative estimate of drug-likeness (QED) is 0.710. The Kier molecular flexibility index (Phi) is 6.31. The Bertz CT molecular complexity index is 345. The number of aliphatic hydroxyl groups excluding tert-OH is 1. The molecule has 0 aliphatic rings. The summed E-state index contributed by atoms with van der Waals surface area (Å²) in [4.78, 5) is 0. The molecular weight excluding hydrogens is 212 g/mol. The molecule has 0 spiro atoms. The van der Waals surface area contributed by atoms with Gasteiger partial charge >= 0.3 is 0 Å². The molecule has 1 aromatic carbocycles. The van der Waals surface area contributed by atoms with Gasteiger partial charge in [-0.3, -0.25) is 5.32 Å². The van der Waals surface area contributed by atoms with E-state index >= 15 is 0 Å². The number of aliphatic hydroxyl groups is 1. The van der Waals surface area contributed by atoms with Crippen molar-refractivity contribution in [3.05, 3.63) is 35.9 Å². The summed E-state index contributed by atoms with van der Waals surface area (Å²) < 4.78 is 0. The highest BCUT2D eigenvalue weighted by atomic mass is 16.2. The van der Waals surface area contributed by atoms with E-state index in [0.29, 0.717) is 0 Å². The van der Waals surface area contributed by atoms with Crippen molar-refractivity contribution in [3.63, 3.8) is 0 Å². The molecular formula is C14H20N2O. The lowest BCUT2D eigenvalue weighted by atomic mass is 10.1. The molecule has 0 radical (unpaired) electrons. The molecule has 2 N–H and O–H groups in total. The molecule has 1 rings (SSSR count). The molecule has 3 nitrogen and oxygen atoms in total. The van der Waals surface area contributed by atoms with Gasteiger partial charge in [-0.2, -0.15) is 5.26 Å². The highest BCUT2D eigenvalue weighted by Gasteiger charge is 2.11. The summed E-state index contributed by atoms with van der Waals surface area (Å²) in [5, 5.41) is 21.1. The number of nitrogens with zero attached hydrogens (tertiary/aromatic N) is 1. The summed E-state index contributed by atoms with van der Waals surface area (Å²) >= 11 is 0. The van der Waals surface area contributed by atoms with Gasteiger partial charge in [0.2, 0.25) is 0 Å². The summed E-state index contributed by atoms with van der Waals surface area (Å²) in [6, 6.07) is 12.4. The van der Waals surface area contributed by atoms with Crippen LogP contribution in [0.25, 0.3) is 0 Å². The van der Waals surface area contributed by atoms with Gasteiger partial charge in [0.1, 0.15) is 0 Å². The van der Waals surface area contributed by atoms with Gasteiger partial charge in [-0.15, -0.1) is 0 Å². The summed E-state index contributed by atoms with van der Waals surface area (Å²) in [6.07, 6.45) is 2.43. The molecule has 0 aromatic heterocycles. The lowest BCUT2D eigenvalue weighted by molar-refractivity contribution is 0.280. The largest absolute Gasteiger partial charge is 0.396 e. The van der Waals surface area contributed by atoms with Crippen LogP contribution in [0.3, 0.4) is 0 Å².